The molecule has 0 bridgehead atoms. The van der Waals surface area contributed by atoms with Gasteiger partial charge in [0.15, 0.2) is 0 Å². The number of carbonyl (C=O) groups is 2. The number of pyridine rings is 1. The number of nitrogens with one attached hydrogen (secondary N) is 1. The number of aromatic nitrogens is 3. The second kappa shape index (κ2) is 7.42. The van der Waals surface area contributed by atoms with Crippen molar-refractivity contribution in [2.75, 3.05) is 0 Å². The number of carbonyl (C=O) groups excluding carboxylic acids is 2. The molecule has 0 aliphatic rings. The van der Waals surface area contributed by atoms with Gasteiger partial charge in [-0.1, -0.05) is 25.1 Å². The molecule has 1 amide bonds. The Hall–Kier alpha value is -2.77. The van der Waals surface area contributed by atoms with Crippen LogP contribution in [0.1, 0.15) is 45.3 Å². The van der Waals surface area contributed by atoms with E-state index < -0.39 is 23.5 Å². The highest BCUT2D eigenvalue weighted by molar-refractivity contribution is 5.98. The minimum atomic E-state index is -0.841. The molecule has 0 radical (unpaired) electrons. The van der Waals surface area contributed by atoms with Gasteiger partial charge in [-0.2, -0.15) is 4.98 Å². The monoisotopic (exact) mass is 346 g/mol. The maximum Gasteiger partial charge on any atom is 0.408 e. The van der Waals surface area contributed by atoms with Gasteiger partial charge in [0.2, 0.25) is 11.6 Å². The number of nitrogens with zero attached hydrogens (tertiary/aromatic N) is 3. The van der Waals surface area contributed by atoms with Gasteiger partial charge in [-0.05, 0) is 38.8 Å². The van der Waals surface area contributed by atoms with Crippen LogP contribution in [-0.4, -0.2) is 38.6 Å². The molecule has 0 aliphatic heterocycles. The summed E-state index contributed by atoms with van der Waals surface area (Å²) in [7, 11) is 0. The molecule has 8 nitrogen and oxygen atoms in total. The Labute approximate surface area is 146 Å². The van der Waals surface area contributed by atoms with E-state index in [-0.39, 0.29) is 17.6 Å². The smallest absolute Gasteiger partial charge is 0.408 e. The van der Waals surface area contributed by atoms with Crippen molar-refractivity contribution in [2.24, 2.45) is 5.92 Å². The molecule has 8 heteroatoms. The first-order chi connectivity index (χ1) is 11.7. The van der Waals surface area contributed by atoms with Crippen molar-refractivity contribution in [1.29, 1.82) is 0 Å². The third kappa shape index (κ3) is 5.10. The van der Waals surface area contributed by atoms with Gasteiger partial charge in [-0.25, -0.2) is 4.79 Å². The van der Waals surface area contributed by atoms with Crippen LogP contribution in [0.3, 0.4) is 0 Å². The average Bonchev–Trinajstić information content (AvgIpc) is 3.01. The molecule has 0 saturated carbocycles. The first-order valence-electron chi connectivity index (χ1n) is 7.96. The lowest BCUT2D eigenvalue weighted by Crippen LogP contribution is -2.46. The van der Waals surface area contributed by atoms with E-state index in [1.54, 1.807) is 59.0 Å². The van der Waals surface area contributed by atoms with Crippen LogP contribution in [0.25, 0.3) is 11.5 Å². The minimum absolute atomic E-state index is 0.185. The zero-order valence-corrected chi connectivity index (χ0v) is 14.9. The molecule has 1 atom stereocenters. The second-order valence-corrected chi connectivity index (χ2v) is 6.87. The summed E-state index contributed by atoms with van der Waals surface area (Å²) >= 11 is 0. The highest BCUT2D eigenvalue weighted by Gasteiger charge is 2.31. The Kier molecular flexibility index (Phi) is 5.51. The van der Waals surface area contributed by atoms with Crippen molar-refractivity contribution in [3.8, 4) is 11.5 Å². The molecule has 0 spiro atoms. The number of rotatable bonds is 5. The molecule has 1 N–H and O–H groups in total. The second-order valence-electron chi connectivity index (χ2n) is 6.87. The Morgan fingerprint density at radius 2 is 1.96 bits per heavy atom. The van der Waals surface area contributed by atoms with E-state index in [0.717, 1.165) is 0 Å². The van der Waals surface area contributed by atoms with E-state index in [9.17, 15) is 9.59 Å². The molecule has 0 aromatic carbocycles. The molecular formula is C17H22N4O4. The Balaban J connectivity index is 2.15. The normalized spacial score (nSPS) is 12.7. The molecule has 0 saturated heterocycles. The molecule has 0 aliphatic carbocycles. The lowest BCUT2D eigenvalue weighted by atomic mass is 10.00. The molecule has 2 rings (SSSR count). The highest BCUT2D eigenvalue weighted by Crippen LogP contribution is 2.16. The minimum Gasteiger partial charge on any atom is -0.444 e. The summed E-state index contributed by atoms with van der Waals surface area (Å²) in [6.07, 6.45) is 0.915. The first-order valence-corrected chi connectivity index (χ1v) is 7.96. The summed E-state index contributed by atoms with van der Waals surface area (Å²) in [5, 5.41) is 6.34. The molecule has 0 fully saturated rings. The van der Waals surface area contributed by atoms with E-state index in [0.29, 0.717) is 5.69 Å². The van der Waals surface area contributed by atoms with Crippen LogP contribution < -0.4 is 5.32 Å². The number of hydrogen-bond donors (Lipinski definition) is 1. The van der Waals surface area contributed by atoms with Crippen LogP contribution in [-0.2, 0) is 4.74 Å². The largest absolute Gasteiger partial charge is 0.444 e. The summed E-state index contributed by atoms with van der Waals surface area (Å²) in [5.74, 6) is -0.639. The summed E-state index contributed by atoms with van der Waals surface area (Å²) in [6, 6.07) is 4.40. The van der Waals surface area contributed by atoms with Gasteiger partial charge >= 0.3 is 6.09 Å². The predicted molar refractivity (Wildman–Crippen MR) is 89.9 cm³/mol. The van der Waals surface area contributed by atoms with Crippen molar-refractivity contribution in [3.05, 3.63) is 30.3 Å². The summed E-state index contributed by atoms with van der Waals surface area (Å²) in [4.78, 5) is 32.8. The average molecular weight is 346 g/mol. The SMILES string of the molecule is CC(C)C(NC(=O)OC(C)(C)C)C(=O)c1nc(-c2ccccn2)no1. The van der Waals surface area contributed by atoms with Crippen molar-refractivity contribution in [1.82, 2.24) is 20.4 Å². The fourth-order valence-corrected chi connectivity index (χ4v) is 2.03. The quantitative estimate of drug-likeness (QED) is 0.829. The molecule has 2 heterocycles. The van der Waals surface area contributed by atoms with Crippen molar-refractivity contribution in [2.45, 2.75) is 46.3 Å². The maximum atomic E-state index is 12.6. The zero-order chi connectivity index (χ0) is 18.6. The standard InChI is InChI=1S/C17H22N4O4/c1-10(2)12(19-16(23)24-17(3,4)5)13(22)15-20-14(21-25-15)11-8-6-7-9-18-11/h6-10,12H,1-5H3,(H,19,23). The third-order valence-corrected chi connectivity index (χ3v) is 3.15. The van der Waals surface area contributed by atoms with E-state index in [4.69, 9.17) is 9.26 Å². The van der Waals surface area contributed by atoms with Gasteiger partial charge in [-0.3, -0.25) is 9.78 Å². The van der Waals surface area contributed by atoms with Gasteiger partial charge in [0.25, 0.3) is 5.89 Å². The maximum absolute atomic E-state index is 12.6. The topological polar surface area (TPSA) is 107 Å². The van der Waals surface area contributed by atoms with E-state index >= 15 is 0 Å². The summed E-state index contributed by atoms with van der Waals surface area (Å²) < 4.78 is 10.3. The number of amides is 1. The van der Waals surface area contributed by atoms with Crippen molar-refractivity contribution in [3.63, 3.8) is 0 Å². The lowest BCUT2D eigenvalue weighted by Gasteiger charge is -2.24. The van der Waals surface area contributed by atoms with Gasteiger partial charge in [0.1, 0.15) is 17.3 Å². The molecule has 2 aromatic heterocycles. The third-order valence-electron chi connectivity index (χ3n) is 3.15. The number of hydrogen-bond acceptors (Lipinski definition) is 7. The number of ketones is 1. The number of ether oxygens (including phenoxy) is 1. The van der Waals surface area contributed by atoms with E-state index in [1.807, 2.05) is 0 Å². The predicted octanol–water partition coefficient (Wildman–Crippen LogP) is 2.86. The zero-order valence-electron chi connectivity index (χ0n) is 14.9. The molecular weight excluding hydrogens is 324 g/mol. The van der Waals surface area contributed by atoms with Crippen molar-refractivity contribution < 1.29 is 18.8 Å². The summed E-state index contributed by atoms with van der Waals surface area (Å²) in [5.41, 5.74) is -0.169. The lowest BCUT2D eigenvalue weighted by molar-refractivity contribution is 0.0471. The Bertz CT molecular complexity index is 735. The number of Topliss-reactive ketones (excluding diaryl/α,β-unsaturated/α-hetero) is 1. The molecule has 1 unspecified atom stereocenters. The van der Waals surface area contributed by atoms with E-state index in [1.165, 1.54) is 0 Å². The molecule has 2 aromatic rings. The fraction of sp³-hybridized carbons (Fsp3) is 0.471. The number of alkyl carbamates (subject to hydrolysis) is 1. The Morgan fingerprint density at radius 1 is 1.24 bits per heavy atom. The highest BCUT2D eigenvalue weighted by atomic mass is 16.6. The van der Waals surface area contributed by atoms with Gasteiger partial charge in [-0.15, -0.1) is 0 Å². The van der Waals surface area contributed by atoms with E-state index in [2.05, 4.69) is 20.4 Å². The van der Waals surface area contributed by atoms with Gasteiger partial charge in [0.05, 0.1) is 0 Å². The van der Waals surface area contributed by atoms with Gasteiger partial charge < -0.3 is 14.6 Å². The van der Waals surface area contributed by atoms with Crippen LogP contribution >= 0.6 is 0 Å². The fourth-order valence-electron chi connectivity index (χ4n) is 2.03. The van der Waals surface area contributed by atoms with Crippen molar-refractivity contribution >= 4 is 11.9 Å². The van der Waals surface area contributed by atoms with Crippen LogP contribution in [0.2, 0.25) is 0 Å². The van der Waals surface area contributed by atoms with Crippen LogP contribution in [0.4, 0.5) is 4.79 Å². The molecule has 25 heavy (non-hydrogen) atoms. The first kappa shape index (κ1) is 18.6. The van der Waals surface area contributed by atoms with Crippen LogP contribution in [0, 0.1) is 5.92 Å². The Morgan fingerprint density at radius 3 is 2.52 bits per heavy atom. The van der Waals surface area contributed by atoms with Crippen LogP contribution in [0.5, 0.6) is 0 Å². The van der Waals surface area contributed by atoms with Crippen LogP contribution in [0.15, 0.2) is 28.9 Å². The summed E-state index contributed by atoms with van der Waals surface area (Å²) in [6.45, 7) is 8.84. The molecule has 134 valence electrons. The van der Waals surface area contributed by atoms with Gasteiger partial charge in [0, 0.05) is 6.20 Å².